The largest absolute Gasteiger partial charge is 0.365 e. The van der Waals surface area contributed by atoms with Gasteiger partial charge in [-0.2, -0.15) is 0 Å². The normalized spacial score (nSPS) is 18.1. The number of imide groups is 1. The van der Waals surface area contributed by atoms with Crippen LogP contribution in [0.1, 0.15) is 0 Å². The number of halogens is 1. The molecule has 0 aromatic heterocycles. The van der Waals surface area contributed by atoms with E-state index in [0.717, 1.165) is 21.9 Å². The smallest absolute Gasteiger partial charge is 0.295 e. The SMILES string of the molecule is O=C1SC(Nc2ccccc2)C(=O)N1c1ccc(Br)cc1. The number of nitrogens with one attached hydrogen (secondary N) is 1. The zero-order chi connectivity index (χ0) is 14.8. The van der Waals surface area contributed by atoms with Gasteiger partial charge in [0.1, 0.15) is 0 Å². The first-order valence-electron chi connectivity index (χ1n) is 6.27. The lowest BCUT2D eigenvalue weighted by Gasteiger charge is -2.14. The fourth-order valence-electron chi connectivity index (χ4n) is 2.01. The summed E-state index contributed by atoms with van der Waals surface area (Å²) in [6.45, 7) is 0. The van der Waals surface area contributed by atoms with Crippen LogP contribution in [0.25, 0.3) is 0 Å². The second-order valence-electron chi connectivity index (χ2n) is 4.42. The highest BCUT2D eigenvalue weighted by molar-refractivity contribution is 9.10. The molecule has 1 saturated heterocycles. The number of carbonyl (C=O) groups excluding carboxylic acids is 2. The van der Waals surface area contributed by atoms with Crippen LogP contribution in [0.3, 0.4) is 0 Å². The van der Waals surface area contributed by atoms with Crippen molar-refractivity contribution in [1.29, 1.82) is 0 Å². The van der Waals surface area contributed by atoms with Crippen LogP contribution in [0, 0.1) is 0 Å². The lowest BCUT2D eigenvalue weighted by atomic mass is 10.3. The Labute approximate surface area is 134 Å². The Hall–Kier alpha value is -1.79. The second kappa shape index (κ2) is 5.91. The van der Waals surface area contributed by atoms with Gasteiger partial charge >= 0.3 is 0 Å². The van der Waals surface area contributed by atoms with E-state index < -0.39 is 5.37 Å². The zero-order valence-corrected chi connectivity index (χ0v) is 13.2. The molecule has 0 aliphatic carbocycles. The van der Waals surface area contributed by atoms with Crippen molar-refractivity contribution < 1.29 is 9.59 Å². The van der Waals surface area contributed by atoms with E-state index in [4.69, 9.17) is 0 Å². The Balaban J connectivity index is 1.80. The van der Waals surface area contributed by atoms with Gasteiger partial charge in [-0.15, -0.1) is 0 Å². The van der Waals surface area contributed by atoms with E-state index in [0.29, 0.717) is 5.69 Å². The van der Waals surface area contributed by atoms with Crippen LogP contribution in [0.4, 0.5) is 16.2 Å². The molecule has 21 heavy (non-hydrogen) atoms. The molecule has 1 fully saturated rings. The van der Waals surface area contributed by atoms with Gasteiger partial charge in [-0.1, -0.05) is 34.1 Å². The van der Waals surface area contributed by atoms with Gasteiger partial charge in [0.25, 0.3) is 11.1 Å². The summed E-state index contributed by atoms with van der Waals surface area (Å²) in [5.74, 6) is -0.254. The van der Waals surface area contributed by atoms with Crippen LogP contribution in [0.2, 0.25) is 0 Å². The van der Waals surface area contributed by atoms with Crippen molar-refractivity contribution in [2.45, 2.75) is 5.37 Å². The maximum atomic E-state index is 12.4. The van der Waals surface area contributed by atoms with E-state index in [1.165, 1.54) is 4.90 Å². The van der Waals surface area contributed by atoms with Crippen molar-refractivity contribution in [2.24, 2.45) is 0 Å². The number of nitrogens with zero attached hydrogens (tertiary/aromatic N) is 1. The van der Waals surface area contributed by atoms with Gasteiger partial charge in [0.05, 0.1) is 5.69 Å². The van der Waals surface area contributed by atoms with Crippen molar-refractivity contribution in [3.63, 3.8) is 0 Å². The standard InChI is InChI=1S/C15H11BrN2O2S/c16-10-6-8-12(9-7-10)18-14(19)13(21-15(18)20)17-11-4-2-1-3-5-11/h1-9,13,17H. The van der Waals surface area contributed by atoms with Crippen LogP contribution >= 0.6 is 27.7 Å². The number of para-hydroxylation sites is 1. The summed E-state index contributed by atoms with van der Waals surface area (Å²) in [5, 5.41) is 2.21. The molecule has 1 aliphatic rings. The van der Waals surface area contributed by atoms with Gasteiger partial charge in [-0.05, 0) is 48.2 Å². The molecule has 1 aliphatic heterocycles. The van der Waals surface area contributed by atoms with Gasteiger partial charge in [-0.3, -0.25) is 9.59 Å². The first-order valence-corrected chi connectivity index (χ1v) is 7.94. The van der Waals surface area contributed by atoms with Gasteiger partial charge in [-0.25, -0.2) is 4.90 Å². The Morgan fingerprint density at radius 1 is 1.00 bits per heavy atom. The average molecular weight is 363 g/mol. The highest BCUT2D eigenvalue weighted by Gasteiger charge is 2.40. The number of hydrogen-bond donors (Lipinski definition) is 1. The quantitative estimate of drug-likeness (QED) is 0.893. The monoisotopic (exact) mass is 362 g/mol. The van der Waals surface area contributed by atoms with E-state index in [1.54, 1.807) is 24.3 Å². The first-order chi connectivity index (χ1) is 10.1. The molecule has 2 aromatic carbocycles. The summed E-state index contributed by atoms with van der Waals surface area (Å²) in [6, 6.07) is 16.5. The molecule has 3 rings (SSSR count). The molecule has 2 amide bonds. The summed E-state index contributed by atoms with van der Waals surface area (Å²) in [7, 11) is 0. The molecule has 0 bridgehead atoms. The first kappa shape index (κ1) is 14.2. The van der Waals surface area contributed by atoms with Crippen molar-refractivity contribution in [3.8, 4) is 0 Å². The van der Waals surface area contributed by atoms with Gasteiger partial charge < -0.3 is 5.32 Å². The third-order valence-corrected chi connectivity index (χ3v) is 4.47. The third kappa shape index (κ3) is 2.96. The van der Waals surface area contributed by atoms with Gasteiger partial charge in [0, 0.05) is 10.2 Å². The van der Waals surface area contributed by atoms with Gasteiger partial charge in [0.2, 0.25) is 0 Å². The van der Waals surface area contributed by atoms with E-state index in [1.807, 2.05) is 30.3 Å². The van der Waals surface area contributed by atoms with Gasteiger partial charge in [0.15, 0.2) is 5.37 Å². The fourth-order valence-corrected chi connectivity index (χ4v) is 3.18. The van der Waals surface area contributed by atoms with Crippen molar-refractivity contribution >= 4 is 50.2 Å². The van der Waals surface area contributed by atoms with Crippen molar-refractivity contribution in [1.82, 2.24) is 0 Å². The maximum absolute atomic E-state index is 12.4. The lowest BCUT2D eigenvalue weighted by Crippen LogP contribution is -2.34. The van der Waals surface area contributed by atoms with E-state index in [2.05, 4.69) is 21.2 Å². The van der Waals surface area contributed by atoms with Crippen LogP contribution in [0.15, 0.2) is 59.1 Å². The summed E-state index contributed by atoms with van der Waals surface area (Å²) in [6.07, 6.45) is 0. The van der Waals surface area contributed by atoms with Crippen LogP contribution < -0.4 is 10.2 Å². The van der Waals surface area contributed by atoms with Crippen molar-refractivity contribution in [2.75, 3.05) is 10.2 Å². The van der Waals surface area contributed by atoms with E-state index >= 15 is 0 Å². The van der Waals surface area contributed by atoms with Crippen LogP contribution in [-0.4, -0.2) is 16.5 Å². The topological polar surface area (TPSA) is 49.4 Å². The van der Waals surface area contributed by atoms with Crippen molar-refractivity contribution in [3.05, 3.63) is 59.1 Å². The highest BCUT2D eigenvalue weighted by Crippen LogP contribution is 2.32. The molecule has 0 saturated carbocycles. The molecule has 1 N–H and O–H groups in total. The molecule has 1 unspecified atom stereocenters. The van der Waals surface area contributed by atoms with Crippen LogP contribution in [-0.2, 0) is 4.79 Å². The molecule has 106 valence electrons. The second-order valence-corrected chi connectivity index (χ2v) is 6.40. The maximum Gasteiger partial charge on any atom is 0.295 e. The van der Waals surface area contributed by atoms with E-state index in [9.17, 15) is 9.59 Å². The molecular formula is C15H11BrN2O2S. The Morgan fingerprint density at radius 3 is 2.33 bits per heavy atom. The molecule has 0 spiro atoms. The highest BCUT2D eigenvalue weighted by atomic mass is 79.9. The number of anilines is 2. The number of benzene rings is 2. The summed E-state index contributed by atoms with van der Waals surface area (Å²) >= 11 is 4.32. The molecule has 2 aromatic rings. The summed E-state index contributed by atoms with van der Waals surface area (Å²) < 4.78 is 0.900. The zero-order valence-electron chi connectivity index (χ0n) is 10.8. The lowest BCUT2D eigenvalue weighted by molar-refractivity contribution is -0.116. The fraction of sp³-hybridized carbons (Fsp3) is 0.0667. The van der Waals surface area contributed by atoms with Crippen LogP contribution in [0.5, 0.6) is 0 Å². The molecule has 4 nitrogen and oxygen atoms in total. The molecule has 0 radical (unpaired) electrons. The Bertz CT molecular complexity index is 676. The number of amides is 2. The Morgan fingerprint density at radius 2 is 1.67 bits per heavy atom. The van der Waals surface area contributed by atoms with E-state index in [-0.39, 0.29) is 11.1 Å². The predicted octanol–water partition coefficient (Wildman–Crippen LogP) is 4.09. The summed E-state index contributed by atoms with van der Waals surface area (Å²) in [4.78, 5) is 25.7. The minimum absolute atomic E-state index is 0.254. The molecular weight excluding hydrogens is 352 g/mol. The summed E-state index contributed by atoms with van der Waals surface area (Å²) in [5.41, 5.74) is 1.40. The predicted molar refractivity (Wildman–Crippen MR) is 88.5 cm³/mol. The molecule has 1 heterocycles. The molecule has 1 atom stereocenters. The number of thioether (sulfide) groups is 1. The number of carbonyl (C=O) groups is 2. The minimum Gasteiger partial charge on any atom is -0.365 e. The third-order valence-electron chi connectivity index (χ3n) is 3.00. The minimum atomic E-state index is -0.594. The number of hydrogen-bond acceptors (Lipinski definition) is 4. The molecule has 6 heteroatoms. The number of rotatable bonds is 3. The average Bonchev–Trinajstić information content (AvgIpc) is 2.76. The Kier molecular flexibility index (Phi) is 3.98.